The number of nitrogens with zero attached hydrogens (tertiary/aromatic N) is 3. The van der Waals surface area contributed by atoms with Crippen LogP contribution >= 0.6 is 11.8 Å². The minimum Gasteiger partial charge on any atom is -0.497 e. The van der Waals surface area contributed by atoms with E-state index < -0.39 is 0 Å². The lowest BCUT2D eigenvalue weighted by Crippen LogP contribution is -2.14. The van der Waals surface area contributed by atoms with Crippen LogP contribution in [-0.4, -0.2) is 40.6 Å². The minimum atomic E-state index is -0.0993. The van der Waals surface area contributed by atoms with Crippen molar-refractivity contribution >= 4 is 23.4 Å². The Morgan fingerprint density at radius 3 is 2.58 bits per heavy atom. The van der Waals surface area contributed by atoms with Crippen molar-refractivity contribution in [2.24, 2.45) is 7.05 Å². The molecule has 0 spiro atoms. The number of hydrogen-bond acceptors (Lipinski definition) is 6. The van der Waals surface area contributed by atoms with Gasteiger partial charge in [0.25, 0.3) is 0 Å². The van der Waals surface area contributed by atoms with Crippen LogP contribution in [0.5, 0.6) is 11.5 Å². The Labute approximate surface area is 187 Å². The van der Waals surface area contributed by atoms with Crippen molar-refractivity contribution in [1.29, 1.82) is 0 Å². The first-order chi connectivity index (χ1) is 15.0. The summed E-state index contributed by atoms with van der Waals surface area (Å²) in [5.41, 5.74) is 3.25. The molecule has 1 heterocycles. The number of amides is 1. The molecule has 3 aromatic rings. The predicted octanol–water partition coefficient (Wildman–Crippen LogP) is 4.05. The minimum absolute atomic E-state index is 0.0993. The van der Waals surface area contributed by atoms with E-state index in [2.05, 4.69) is 34.6 Å². The van der Waals surface area contributed by atoms with Gasteiger partial charge in [-0.15, -0.1) is 10.2 Å². The van der Waals surface area contributed by atoms with Crippen LogP contribution in [0.25, 0.3) is 0 Å². The highest BCUT2D eigenvalue weighted by Gasteiger charge is 2.12. The van der Waals surface area contributed by atoms with Crippen molar-refractivity contribution in [2.45, 2.75) is 31.3 Å². The number of aromatic nitrogens is 3. The molecule has 0 saturated carbocycles. The maximum atomic E-state index is 12.3. The van der Waals surface area contributed by atoms with Crippen LogP contribution in [0.4, 0.5) is 5.69 Å². The van der Waals surface area contributed by atoms with Gasteiger partial charge in [0.1, 0.15) is 17.3 Å². The van der Waals surface area contributed by atoms with Gasteiger partial charge < -0.3 is 19.4 Å². The van der Waals surface area contributed by atoms with E-state index in [9.17, 15) is 4.79 Å². The van der Waals surface area contributed by atoms with E-state index in [1.54, 1.807) is 20.3 Å². The van der Waals surface area contributed by atoms with E-state index in [-0.39, 0.29) is 11.7 Å². The fourth-order valence-corrected chi connectivity index (χ4v) is 3.96. The number of hydrogen-bond donors (Lipinski definition) is 1. The van der Waals surface area contributed by atoms with Gasteiger partial charge in [0, 0.05) is 25.2 Å². The number of carbonyl (C=O) groups is 1. The van der Waals surface area contributed by atoms with Crippen LogP contribution in [0.1, 0.15) is 23.4 Å². The summed E-state index contributed by atoms with van der Waals surface area (Å²) in [5.74, 6) is 2.66. The summed E-state index contributed by atoms with van der Waals surface area (Å²) in [5, 5.41) is 12.2. The van der Waals surface area contributed by atoms with E-state index in [1.807, 2.05) is 35.9 Å². The quantitative estimate of drug-likeness (QED) is 0.479. The van der Waals surface area contributed by atoms with Crippen LogP contribution < -0.4 is 14.8 Å². The molecule has 1 N–H and O–H groups in total. The Bertz CT molecular complexity index is 1040. The van der Waals surface area contributed by atoms with Crippen LogP contribution in [0.3, 0.4) is 0 Å². The molecule has 0 aliphatic rings. The smallest absolute Gasteiger partial charge is 0.234 e. The van der Waals surface area contributed by atoms with Crippen molar-refractivity contribution in [3.05, 3.63) is 59.4 Å². The maximum absolute atomic E-state index is 12.3. The largest absolute Gasteiger partial charge is 0.497 e. The molecule has 0 saturated heterocycles. The SMILES string of the molecule is COc1cccc(NC(=O)CSc2nnc(CCCc3ccc(OC)cc3C)n2C)c1. The number of thioether (sulfide) groups is 1. The van der Waals surface area contributed by atoms with Crippen molar-refractivity contribution in [1.82, 2.24) is 14.8 Å². The Balaban J connectivity index is 1.48. The van der Waals surface area contributed by atoms with E-state index in [4.69, 9.17) is 9.47 Å². The van der Waals surface area contributed by atoms with Gasteiger partial charge in [-0.2, -0.15) is 0 Å². The van der Waals surface area contributed by atoms with Gasteiger partial charge in [-0.3, -0.25) is 4.79 Å². The standard InChI is InChI=1S/C23H28N4O3S/c1-16-13-20(30-4)12-11-17(16)7-5-10-21-25-26-23(27(21)2)31-15-22(28)24-18-8-6-9-19(14-18)29-3/h6,8-9,11-14H,5,7,10,15H2,1-4H3,(H,24,28). The summed E-state index contributed by atoms with van der Waals surface area (Å²) in [6.07, 6.45) is 2.76. The normalized spacial score (nSPS) is 10.7. The number of ether oxygens (including phenoxy) is 2. The molecule has 0 unspecified atom stereocenters. The maximum Gasteiger partial charge on any atom is 0.234 e. The molecule has 0 aliphatic heterocycles. The van der Waals surface area contributed by atoms with Gasteiger partial charge in [-0.1, -0.05) is 23.9 Å². The molecular formula is C23H28N4O3S. The number of anilines is 1. The van der Waals surface area contributed by atoms with Crippen molar-refractivity contribution in [3.63, 3.8) is 0 Å². The van der Waals surface area contributed by atoms with E-state index >= 15 is 0 Å². The second-order valence-corrected chi connectivity index (χ2v) is 8.12. The highest BCUT2D eigenvalue weighted by Crippen LogP contribution is 2.21. The molecule has 164 valence electrons. The number of nitrogens with one attached hydrogen (secondary N) is 1. The second-order valence-electron chi connectivity index (χ2n) is 7.17. The van der Waals surface area contributed by atoms with Gasteiger partial charge in [0.05, 0.1) is 20.0 Å². The van der Waals surface area contributed by atoms with Gasteiger partial charge in [-0.25, -0.2) is 0 Å². The first-order valence-electron chi connectivity index (χ1n) is 10.1. The molecule has 0 fully saturated rings. The lowest BCUT2D eigenvalue weighted by atomic mass is 10.0. The van der Waals surface area contributed by atoms with Crippen molar-refractivity contribution in [2.75, 3.05) is 25.3 Å². The molecule has 8 heteroatoms. The van der Waals surface area contributed by atoms with E-state index in [0.29, 0.717) is 11.4 Å². The van der Waals surface area contributed by atoms with Crippen LogP contribution in [-0.2, 0) is 24.7 Å². The van der Waals surface area contributed by atoms with Crippen molar-refractivity contribution < 1.29 is 14.3 Å². The molecule has 3 rings (SSSR count). The zero-order chi connectivity index (χ0) is 22.2. The first kappa shape index (κ1) is 22.7. The monoisotopic (exact) mass is 440 g/mol. The number of methoxy groups -OCH3 is 2. The summed E-state index contributed by atoms with van der Waals surface area (Å²) in [7, 11) is 5.22. The molecule has 7 nitrogen and oxygen atoms in total. The molecule has 0 bridgehead atoms. The van der Waals surface area contributed by atoms with Crippen LogP contribution in [0.15, 0.2) is 47.6 Å². The lowest BCUT2D eigenvalue weighted by molar-refractivity contribution is -0.113. The zero-order valence-corrected chi connectivity index (χ0v) is 19.2. The van der Waals surface area contributed by atoms with Gasteiger partial charge in [0.2, 0.25) is 5.91 Å². The Hall–Kier alpha value is -3.00. The molecule has 1 aromatic heterocycles. The number of benzene rings is 2. The highest BCUT2D eigenvalue weighted by atomic mass is 32.2. The third-order valence-electron chi connectivity index (χ3n) is 5.01. The average molecular weight is 441 g/mol. The summed E-state index contributed by atoms with van der Waals surface area (Å²) in [6, 6.07) is 13.5. The van der Waals surface area contributed by atoms with E-state index in [1.165, 1.54) is 22.9 Å². The zero-order valence-electron chi connectivity index (χ0n) is 18.3. The molecular weight excluding hydrogens is 412 g/mol. The summed E-state index contributed by atoms with van der Waals surface area (Å²) < 4.78 is 12.4. The third kappa shape index (κ3) is 6.24. The predicted molar refractivity (Wildman–Crippen MR) is 123 cm³/mol. The highest BCUT2D eigenvalue weighted by molar-refractivity contribution is 7.99. The lowest BCUT2D eigenvalue weighted by Gasteiger charge is -2.08. The van der Waals surface area contributed by atoms with Crippen molar-refractivity contribution in [3.8, 4) is 11.5 Å². The van der Waals surface area contributed by atoms with Gasteiger partial charge in [0.15, 0.2) is 5.16 Å². The Kier molecular flexibility index (Phi) is 7.94. The van der Waals surface area contributed by atoms with E-state index in [0.717, 1.165) is 36.0 Å². The molecule has 31 heavy (non-hydrogen) atoms. The molecule has 0 radical (unpaired) electrons. The number of aryl methyl sites for hydroxylation is 3. The summed E-state index contributed by atoms with van der Waals surface area (Å²) >= 11 is 1.37. The fourth-order valence-electron chi connectivity index (χ4n) is 3.23. The van der Waals surface area contributed by atoms with Gasteiger partial charge >= 0.3 is 0 Å². The second kappa shape index (κ2) is 10.9. The van der Waals surface area contributed by atoms with Crippen LogP contribution in [0.2, 0.25) is 0 Å². The summed E-state index contributed by atoms with van der Waals surface area (Å²) in [4.78, 5) is 12.3. The molecule has 1 amide bonds. The Morgan fingerprint density at radius 1 is 1.06 bits per heavy atom. The van der Waals surface area contributed by atoms with Gasteiger partial charge in [-0.05, 0) is 55.2 Å². The fraction of sp³-hybridized carbons (Fsp3) is 0.348. The molecule has 0 aliphatic carbocycles. The van der Waals surface area contributed by atoms with Crippen LogP contribution in [0, 0.1) is 6.92 Å². The molecule has 0 atom stereocenters. The first-order valence-corrected chi connectivity index (χ1v) is 11.1. The number of rotatable bonds is 10. The Morgan fingerprint density at radius 2 is 1.84 bits per heavy atom. The summed E-state index contributed by atoms with van der Waals surface area (Å²) in [6.45, 7) is 2.10. The molecule has 2 aromatic carbocycles. The third-order valence-corrected chi connectivity index (χ3v) is 6.03. The topological polar surface area (TPSA) is 78.3 Å². The average Bonchev–Trinajstić information content (AvgIpc) is 3.12. The number of carbonyl (C=O) groups excluding carboxylic acids is 1.